The summed E-state index contributed by atoms with van der Waals surface area (Å²) in [6, 6.07) is 8.17. The Kier molecular flexibility index (Phi) is 8.96. The highest BCUT2D eigenvalue weighted by molar-refractivity contribution is 8.02. The number of thioether (sulfide) groups is 1. The molecule has 3 aliphatic rings. The van der Waals surface area contributed by atoms with E-state index < -0.39 is 28.7 Å². The van der Waals surface area contributed by atoms with E-state index in [0.717, 1.165) is 18.5 Å². The first-order chi connectivity index (χ1) is 18.7. The number of hydrogen-bond donors (Lipinski definition) is 1. The summed E-state index contributed by atoms with van der Waals surface area (Å²) in [5.41, 5.74) is 0.768. The second-order valence-corrected chi connectivity index (χ2v) is 13.0. The number of rotatable bonds is 12. The van der Waals surface area contributed by atoms with Gasteiger partial charge in [-0.25, -0.2) is 0 Å². The first-order valence-electron chi connectivity index (χ1n) is 14.2. The number of hydrogen-bond acceptors (Lipinski definition) is 5. The standard InChI is InChI=1S/C31H43N3O4S/c1-7-17-32(20(4)5)30(38)27-31-16-15-24(39-31)25(26(31)29(37)34(27)23(19-35)21(6)9-3)28(36)33(18-8-2)22-13-11-10-12-14-22/h7-8,10-14,20-21,23-27,35H,1-2,9,15-19H2,3-6H3/t21-,23-,24+,25-,26-,27?,31?/m0/s1. The summed E-state index contributed by atoms with van der Waals surface area (Å²) >= 11 is 1.66. The highest BCUT2D eigenvalue weighted by atomic mass is 32.2. The van der Waals surface area contributed by atoms with Crippen molar-refractivity contribution in [1.29, 1.82) is 0 Å². The zero-order valence-corrected chi connectivity index (χ0v) is 24.5. The van der Waals surface area contributed by atoms with E-state index in [-0.39, 0.29) is 41.5 Å². The molecular formula is C31H43N3O4S. The van der Waals surface area contributed by atoms with Gasteiger partial charge in [0, 0.05) is 30.1 Å². The second kappa shape index (κ2) is 11.9. The van der Waals surface area contributed by atoms with Gasteiger partial charge < -0.3 is 19.8 Å². The van der Waals surface area contributed by atoms with E-state index in [1.165, 1.54) is 0 Å². The average molecular weight is 554 g/mol. The van der Waals surface area contributed by atoms with Crippen LogP contribution in [0.25, 0.3) is 0 Å². The average Bonchev–Trinajstić information content (AvgIpc) is 3.58. The van der Waals surface area contributed by atoms with Crippen LogP contribution in [0.1, 0.15) is 47.0 Å². The maximum absolute atomic E-state index is 14.5. The number of amides is 3. The molecular weight excluding hydrogens is 510 g/mol. The topological polar surface area (TPSA) is 81.2 Å². The molecule has 3 aliphatic heterocycles. The smallest absolute Gasteiger partial charge is 0.247 e. The normalized spacial score (nSPS) is 28.8. The van der Waals surface area contributed by atoms with Crippen LogP contribution in [-0.4, -0.2) is 80.4 Å². The van der Waals surface area contributed by atoms with Crippen LogP contribution >= 0.6 is 11.8 Å². The number of likely N-dealkylation sites (tertiary alicyclic amines) is 1. The van der Waals surface area contributed by atoms with Crippen molar-refractivity contribution in [3.63, 3.8) is 0 Å². The molecule has 0 radical (unpaired) electrons. The maximum atomic E-state index is 14.5. The molecule has 39 heavy (non-hydrogen) atoms. The van der Waals surface area contributed by atoms with E-state index >= 15 is 0 Å². The minimum absolute atomic E-state index is 0.00526. The molecule has 0 aliphatic carbocycles. The summed E-state index contributed by atoms with van der Waals surface area (Å²) in [6.45, 7) is 16.2. The van der Waals surface area contributed by atoms with Crippen molar-refractivity contribution in [3.8, 4) is 0 Å². The molecule has 0 aromatic heterocycles. The summed E-state index contributed by atoms with van der Waals surface area (Å²) in [7, 11) is 0. The molecule has 0 saturated carbocycles. The van der Waals surface area contributed by atoms with E-state index in [2.05, 4.69) is 13.2 Å². The summed E-state index contributed by atoms with van der Waals surface area (Å²) in [4.78, 5) is 48.4. The fourth-order valence-electron chi connectivity index (χ4n) is 6.91. The number of aliphatic hydroxyl groups is 1. The highest BCUT2D eigenvalue weighted by Gasteiger charge is 2.74. The molecule has 3 heterocycles. The predicted octanol–water partition coefficient (Wildman–Crippen LogP) is 4.13. The number of aliphatic hydroxyl groups excluding tert-OH is 1. The number of benzene rings is 1. The molecule has 1 aromatic rings. The van der Waals surface area contributed by atoms with E-state index in [1.807, 2.05) is 58.0 Å². The van der Waals surface area contributed by atoms with Gasteiger partial charge in [-0.3, -0.25) is 14.4 Å². The third-order valence-corrected chi connectivity index (χ3v) is 10.9. The van der Waals surface area contributed by atoms with Crippen molar-refractivity contribution in [3.05, 3.63) is 55.6 Å². The number of anilines is 1. The molecule has 7 atom stereocenters. The molecule has 2 bridgehead atoms. The first kappa shape index (κ1) is 29.4. The first-order valence-corrected chi connectivity index (χ1v) is 15.1. The molecule has 3 fully saturated rings. The van der Waals surface area contributed by atoms with Crippen LogP contribution in [0.2, 0.25) is 0 Å². The number of carbonyl (C=O) groups is 3. The van der Waals surface area contributed by atoms with E-state index in [1.54, 1.807) is 38.6 Å². The summed E-state index contributed by atoms with van der Waals surface area (Å²) < 4.78 is -0.703. The van der Waals surface area contributed by atoms with Gasteiger partial charge in [0.2, 0.25) is 17.7 Å². The van der Waals surface area contributed by atoms with Gasteiger partial charge in [-0.15, -0.1) is 24.9 Å². The monoisotopic (exact) mass is 553 g/mol. The molecule has 1 spiro atoms. The van der Waals surface area contributed by atoms with Crippen LogP contribution in [0.3, 0.4) is 0 Å². The third kappa shape index (κ3) is 4.84. The minimum Gasteiger partial charge on any atom is -0.394 e. The van der Waals surface area contributed by atoms with Gasteiger partial charge in [-0.05, 0) is 44.7 Å². The van der Waals surface area contributed by atoms with E-state index in [0.29, 0.717) is 19.5 Å². The maximum Gasteiger partial charge on any atom is 0.247 e. The van der Waals surface area contributed by atoms with Crippen molar-refractivity contribution in [1.82, 2.24) is 9.80 Å². The van der Waals surface area contributed by atoms with Crippen LogP contribution < -0.4 is 4.90 Å². The largest absolute Gasteiger partial charge is 0.394 e. The molecule has 7 nitrogen and oxygen atoms in total. The Balaban J connectivity index is 1.82. The van der Waals surface area contributed by atoms with Gasteiger partial charge in [0.25, 0.3) is 0 Å². The Morgan fingerprint density at radius 1 is 1.15 bits per heavy atom. The van der Waals surface area contributed by atoms with Crippen molar-refractivity contribution in [2.75, 3.05) is 24.6 Å². The number of para-hydroxylation sites is 1. The SMILES string of the molecule is C=CCN(C(=O)[C@@H]1[C@H]2C(=O)N([C@@H](CO)[C@@H](C)CC)C(C(=O)N(CC=C)C(C)C)C23CC[C@H]1S3)c1ccccc1. The summed E-state index contributed by atoms with van der Waals surface area (Å²) in [5.74, 6) is -1.55. The van der Waals surface area contributed by atoms with Gasteiger partial charge in [0.15, 0.2) is 0 Å². The summed E-state index contributed by atoms with van der Waals surface area (Å²) in [5, 5.41) is 10.5. The fourth-order valence-corrected chi connectivity index (χ4v) is 9.11. The molecule has 212 valence electrons. The Morgan fingerprint density at radius 3 is 2.38 bits per heavy atom. The summed E-state index contributed by atoms with van der Waals surface area (Å²) in [6.07, 6.45) is 5.64. The Bertz CT molecular complexity index is 1090. The minimum atomic E-state index is -0.735. The lowest BCUT2D eigenvalue weighted by Crippen LogP contribution is -2.59. The van der Waals surface area contributed by atoms with Crippen LogP contribution in [0.5, 0.6) is 0 Å². The molecule has 1 aromatic carbocycles. The lowest BCUT2D eigenvalue weighted by Gasteiger charge is -2.42. The molecule has 1 N–H and O–H groups in total. The number of fused-ring (bicyclic) bond motifs is 1. The second-order valence-electron chi connectivity index (χ2n) is 11.4. The number of carbonyl (C=O) groups excluding carboxylic acids is 3. The van der Waals surface area contributed by atoms with Gasteiger partial charge in [0.1, 0.15) is 6.04 Å². The molecule has 4 rings (SSSR count). The van der Waals surface area contributed by atoms with Gasteiger partial charge in [-0.1, -0.05) is 50.6 Å². The lowest BCUT2D eigenvalue weighted by atomic mass is 9.70. The van der Waals surface area contributed by atoms with Crippen LogP contribution in [0.15, 0.2) is 55.6 Å². The Morgan fingerprint density at radius 2 is 1.82 bits per heavy atom. The van der Waals surface area contributed by atoms with Gasteiger partial charge in [-0.2, -0.15) is 0 Å². The van der Waals surface area contributed by atoms with Gasteiger partial charge >= 0.3 is 0 Å². The lowest BCUT2D eigenvalue weighted by molar-refractivity contribution is -0.147. The van der Waals surface area contributed by atoms with Crippen LogP contribution in [0.4, 0.5) is 5.69 Å². The predicted molar refractivity (Wildman–Crippen MR) is 157 cm³/mol. The van der Waals surface area contributed by atoms with Crippen molar-refractivity contribution >= 4 is 35.2 Å². The van der Waals surface area contributed by atoms with Gasteiger partial charge in [0.05, 0.1) is 29.2 Å². The van der Waals surface area contributed by atoms with Crippen molar-refractivity contribution < 1.29 is 19.5 Å². The molecule has 2 unspecified atom stereocenters. The molecule has 3 saturated heterocycles. The quantitative estimate of drug-likeness (QED) is 0.394. The van der Waals surface area contributed by atoms with Crippen molar-refractivity contribution in [2.45, 2.75) is 75.1 Å². The van der Waals surface area contributed by atoms with Crippen molar-refractivity contribution in [2.24, 2.45) is 17.8 Å². The molecule has 8 heteroatoms. The fraction of sp³-hybridized carbons (Fsp3) is 0.581. The number of nitrogens with zero attached hydrogens (tertiary/aromatic N) is 3. The van der Waals surface area contributed by atoms with Crippen LogP contribution in [0, 0.1) is 17.8 Å². The highest BCUT2D eigenvalue weighted by Crippen LogP contribution is 2.67. The zero-order valence-electron chi connectivity index (χ0n) is 23.7. The third-order valence-electron chi connectivity index (χ3n) is 8.98. The molecule has 3 amide bonds. The van der Waals surface area contributed by atoms with E-state index in [4.69, 9.17) is 0 Å². The van der Waals surface area contributed by atoms with E-state index in [9.17, 15) is 19.5 Å². The van der Waals surface area contributed by atoms with Crippen LogP contribution in [-0.2, 0) is 14.4 Å². The zero-order chi connectivity index (χ0) is 28.5. The Hall–Kier alpha value is -2.58. The Labute approximate surface area is 237 Å².